The van der Waals surface area contributed by atoms with Crippen molar-refractivity contribution in [3.63, 3.8) is 0 Å². The van der Waals surface area contributed by atoms with Gasteiger partial charge in [-0.25, -0.2) is 0 Å². The molecular formula is C12H18ClN5O2. The summed E-state index contributed by atoms with van der Waals surface area (Å²) >= 11 is 6.05. The molecule has 0 N–H and O–H groups in total. The number of anilines is 2. The van der Waals surface area contributed by atoms with Gasteiger partial charge in [-0.05, 0) is 18.5 Å². The van der Waals surface area contributed by atoms with Crippen molar-refractivity contribution in [2.75, 3.05) is 55.8 Å². The molecule has 2 fully saturated rings. The molecule has 1 aromatic rings. The first-order valence-electron chi connectivity index (χ1n) is 6.83. The van der Waals surface area contributed by atoms with E-state index >= 15 is 0 Å². The Morgan fingerprint density at radius 2 is 1.65 bits per heavy atom. The first-order valence-corrected chi connectivity index (χ1v) is 7.21. The van der Waals surface area contributed by atoms with Crippen molar-refractivity contribution in [2.24, 2.45) is 0 Å². The number of hydrogen-bond donors (Lipinski definition) is 0. The molecule has 2 aliphatic rings. The molecule has 3 heterocycles. The van der Waals surface area contributed by atoms with Gasteiger partial charge in [0.25, 0.3) is 0 Å². The van der Waals surface area contributed by atoms with Gasteiger partial charge in [0.15, 0.2) is 0 Å². The highest BCUT2D eigenvalue weighted by molar-refractivity contribution is 6.28. The van der Waals surface area contributed by atoms with Gasteiger partial charge in [0.2, 0.25) is 17.2 Å². The van der Waals surface area contributed by atoms with Gasteiger partial charge in [0.1, 0.15) is 0 Å². The molecule has 2 saturated heterocycles. The maximum Gasteiger partial charge on any atom is 0.231 e. The Labute approximate surface area is 122 Å². The van der Waals surface area contributed by atoms with Gasteiger partial charge in [-0.3, -0.25) is 0 Å². The highest BCUT2D eigenvalue weighted by Gasteiger charge is 2.22. The number of halogens is 1. The number of rotatable bonds is 2. The average molecular weight is 300 g/mol. The summed E-state index contributed by atoms with van der Waals surface area (Å²) in [5.41, 5.74) is 0. The third-order valence-electron chi connectivity index (χ3n) is 3.40. The zero-order chi connectivity index (χ0) is 13.9. The minimum absolute atomic E-state index is 0.172. The fourth-order valence-corrected chi connectivity index (χ4v) is 2.53. The average Bonchev–Trinajstić information content (AvgIpc) is 2.47. The minimum atomic E-state index is 0.172. The molecule has 0 amide bonds. The summed E-state index contributed by atoms with van der Waals surface area (Å²) < 4.78 is 10.9. The van der Waals surface area contributed by atoms with Crippen molar-refractivity contribution in [3.8, 4) is 0 Å². The van der Waals surface area contributed by atoms with Crippen molar-refractivity contribution in [3.05, 3.63) is 5.28 Å². The number of ether oxygens (including phenoxy) is 2. The molecule has 8 heteroatoms. The molecule has 110 valence electrons. The molecule has 0 bridgehead atoms. The molecule has 7 nitrogen and oxygen atoms in total. The summed E-state index contributed by atoms with van der Waals surface area (Å²) in [6.07, 6.45) is 0.172. The van der Waals surface area contributed by atoms with Crippen LogP contribution in [0.15, 0.2) is 0 Å². The lowest BCUT2D eigenvalue weighted by atomic mass is 10.3. The molecule has 0 aromatic carbocycles. The fourth-order valence-electron chi connectivity index (χ4n) is 2.38. The summed E-state index contributed by atoms with van der Waals surface area (Å²) in [5.74, 6) is 1.25. The van der Waals surface area contributed by atoms with Gasteiger partial charge in [-0.1, -0.05) is 0 Å². The third kappa shape index (κ3) is 3.11. The van der Waals surface area contributed by atoms with E-state index in [1.165, 1.54) is 0 Å². The molecule has 1 unspecified atom stereocenters. The molecule has 2 aliphatic heterocycles. The fraction of sp³-hybridized carbons (Fsp3) is 0.750. The van der Waals surface area contributed by atoms with Crippen LogP contribution in [0.3, 0.4) is 0 Å². The van der Waals surface area contributed by atoms with Crippen LogP contribution < -0.4 is 9.80 Å². The quantitative estimate of drug-likeness (QED) is 0.792. The largest absolute Gasteiger partial charge is 0.378 e. The molecule has 0 aliphatic carbocycles. The molecular weight excluding hydrogens is 282 g/mol. The van der Waals surface area contributed by atoms with Crippen LogP contribution in [0.5, 0.6) is 0 Å². The minimum Gasteiger partial charge on any atom is -0.378 e. The monoisotopic (exact) mass is 299 g/mol. The third-order valence-corrected chi connectivity index (χ3v) is 3.57. The van der Waals surface area contributed by atoms with Crippen molar-refractivity contribution >= 4 is 23.5 Å². The highest BCUT2D eigenvalue weighted by atomic mass is 35.5. The van der Waals surface area contributed by atoms with E-state index in [0.717, 1.165) is 26.2 Å². The normalized spacial score (nSPS) is 24.0. The molecule has 20 heavy (non-hydrogen) atoms. The standard InChI is InChI=1S/C12H18ClN5O2/c1-9-8-18(4-7-20-9)12-15-10(13)14-11(16-12)17-2-5-19-6-3-17/h9H,2-8H2,1H3. The SMILES string of the molecule is CC1CN(c2nc(Cl)nc(N3CCOCC3)n2)CCO1. The maximum absolute atomic E-state index is 6.05. The van der Waals surface area contributed by atoms with E-state index in [1.807, 2.05) is 6.92 Å². The second-order valence-electron chi connectivity index (χ2n) is 4.93. The van der Waals surface area contributed by atoms with Gasteiger partial charge in [0, 0.05) is 26.2 Å². The smallest absolute Gasteiger partial charge is 0.231 e. The Bertz CT molecular complexity index is 469. The number of hydrogen-bond acceptors (Lipinski definition) is 7. The van der Waals surface area contributed by atoms with Crippen molar-refractivity contribution < 1.29 is 9.47 Å². The lowest BCUT2D eigenvalue weighted by Gasteiger charge is -2.32. The van der Waals surface area contributed by atoms with E-state index in [-0.39, 0.29) is 11.4 Å². The van der Waals surface area contributed by atoms with Crippen molar-refractivity contribution in [2.45, 2.75) is 13.0 Å². The zero-order valence-corrected chi connectivity index (χ0v) is 12.2. The summed E-state index contributed by atoms with van der Waals surface area (Å²) in [5, 5.41) is 0.232. The lowest BCUT2D eigenvalue weighted by Crippen LogP contribution is -2.42. The molecule has 1 aromatic heterocycles. The molecule has 0 radical (unpaired) electrons. The van der Waals surface area contributed by atoms with Gasteiger partial charge >= 0.3 is 0 Å². The lowest BCUT2D eigenvalue weighted by molar-refractivity contribution is 0.0526. The number of morpholine rings is 2. The topological polar surface area (TPSA) is 63.6 Å². The number of aromatic nitrogens is 3. The molecule has 0 spiro atoms. The maximum atomic E-state index is 6.05. The zero-order valence-electron chi connectivity index (χ0n) is 11.5. The highest BCUT2D eigenvalue weighted by Crippen LogP contribution is 2.19. The van der Waals surface area contributed by atoms with Crippen LogP contribution in [0, 0.1) is 0 Å². The van der Waals surface area contributed by atoms with Crippen LogP contribution in [0.1, 0.15) is 6.92 Å². The first kappa shape index (κ1) is 13.8. The molecule has 0 saturated carbocycles. The van der Waals surface area contributed by atoms with Gasteiger partial charge in [-0.15, -0.1) is 0 Å². The van der Waals surface area contributed by atoms with Crippen LogP contribution in [-0.2, 0) is 9.47 Å². The van der Waals surface area contributed by atoms with E-state index in [0.29, 0.717) is 31.7 Å². The first-order chi connectivity index (χ1) is 9.72. The molecule has 1 atom stereocenters. The van der Waals surface area contributed by atoms with Gasteiger partial charge < -0.3 is 19.3 Å². The Morgan fingerprint density at radius 3 is 2.35 bits per heavy atom. The second kappa shape index (κ2) is 6.07. The second-order valence-corrected chi connectivity index (χ2v) is 5.27. The summed E-state index contributed by atoms with van der Waals surface area (Å²) in [4.78, 5) is 17.2. The van der Waals surface area contributed by atoms with Crippen LogP contribution >= 0.6 is 11.6 Å². The van der Waals surface area contributed by atoms with E-state index in [4.69, 9.17) is 21.1 Å². The van der Waals surface area contributed by atoms with Gasteiger partial charge in [-0.2, -0.15) is 15.0 Å². The van der Waals surface area contributed by atoms with E-state index in [9.17, 15) is 0 Å². The number of nitrogens with zero attached hydrogens (tertiary/aromatic N) is 5. The Morgan fingerprint density at radius 1 is 1.00 bits per heavy atom. The Kier molecular flexibility index (Phi) is 4.18. The summed E-state index contributed by atoms with van der Waals surface area (Å²) in [6, 6.07) is 0. The summed E-state index contributed by atoms with van der Waals surface area (Å²) in [6.45, 7) is 7.18. The summed E-state index contributed by atoms with van der Waals surface area (Å²) in [7, 11) is 0. The van der Waals surface area contributed by atoms with Crippen LogP contribution in [0.25, 0.3) is 0 Å². The van der Waals surface area contributed by atoms with Crippen LogP contribution in [0.2, 0.25) is 5.28 Å². The predicted molar refractivity (Wildman–Crippen MR) is 75.5 cm³/mol. The van der Waals surface area contributed by atoms with E-state index in [1.54, 1.807) is 0 Å². The Balaban J connectivity index is 1.82. The van der Waals surface area contributed by atoms with E-state index < -0.39 is 0 Å². The van der Waals surface area contributed by atoms with E-state index in [2.05, 4.69) is 24.8 Å². The van der Waals surface area contributed by atoms with Crippen LogP contribution in [-0.4, -0.2) is 67.1 Å². The van der Waals surface area contributed by atoms with Crippen molar-refractivity contribution in [1.82, 2.24) is 15.0 Å². The van der Waals surface area contributed by atoms with Crippen molar-refractivity contribution in [1.29, 1.82) is 0 Å². The van der Waals surface area contributed by atoms with Crippen LogP contribution in [0.4, 0.5) is 11.9 Å². The molecule has 3 rings (SSSR count). The van der Waals surface area contributed by atoms with Gasteiger partial charge in [0.05, 0.1) is 25.9 Å². The predicted octanol–water partition coefficient (Wildman–Crippen LogP) is 0.587. The Hall–Kier alpha value is -1.18.